The predicted octanol–water partition coefficient (Wildman–Crippen LogP) is 8.84. The van der Waals surface area contributed by atoms with E-state index in [9.17, 15) is 5.11 Å². The molecule has 0 unspecified atom stereocenters. The molecule has 0 amide bonds. The second-order valence-corrected chi connectivity index (χ2v) is 11.3. The second-order valence-electron chi connectivity index (χ2n) is 11.3. The Balaban J connectivity index is 1.44. The molecule has 0 aliphatic carbocycles. The zero-order valence-electron chi connectivity index (χ0n) is 25.7. The topological polar surface area (TPSA) is 47.9 Å². The molecular weight excluding hydrogens is 520 g/mol. The molecule has 42 heavy (non-hydrogen) atoms. The van der Waals surface area contributed by atoms with E-state index in [4.69, 9.17) is 14.2 Å². The van der Waals surface area contributed by atoms with Crippen molar-refractivity contribution in [1.82, 2.24) is 0 Å². The normalized spacial score (nSPS) is 14.9. The van der Waals surface area contributed by atoms with Crippen LogP contribution in [-0.2, 0) is 34.0 Å². The Morgan fingerprint density at radius 3 is 1.64 bits per heavy atom. The van der Waals surface area contributed by atoms with Crippen molar-refractivity contribution in [3.8, 4) is 0 Å². The van der Waals surface area contributed by atoms with Gasteiger partial charge in [0.2, 0.25) is 0 Å². The van der Waals surface area contributed by atoms with Crippen LogP contribution < -0.4 is 0 Å². The van der Waals surface area contributed by atoms with E-state index in [0.717, 1.165) is 36.8 Å². The third-order valence-corrected chi connectivity index (χ3v) is 7.27. The molecule has 4 nitrogen and oxygen atoms in total. The average molecular weight is 571 g/mol. The summed E-state index contributed by atoms with van der Waals surface area (Å²) in [6.45, 7) is 8.22. The van der Waals surface area contributed by atoms with E-state index >= 15 is 0 Å². The lowest BCUT2D eigenvalue weighted by atomic mass is 10.0. The van der Waals surface area contributed by atoms with Crippen molar-refractivity contribution in [2.24, 2.45) is 5.92 Å². The molecule has 4 heteroatoms. The summed E-state index contributed by atoms with van der Waals surface area (Å²) in [7, 11) is 0. The molecular formula is C38H50O4. The van der Waals surface area contributed by atoms with Crippen LogP contribution in [0.2, 0.25) is 0 Å². The monoisotopic (exact) mass is 570 g/mol. The van der Waals surface area contributed by atoms with Crippen LogP contribution in [0.15, 0.2) is 115 Å². The van der Waals surface area contributed by atoms with Crippen molar-refractivity contribution < 1.29 is 19.3 Å². The summed E-state index contributed by atoms with van der Waals surface area (Å²) in [6, 6.07) is 30.8. The highest BCUT2D eigenvalue weighted by molar-refractivity contribution is 5.15. The maximum absolute atomic E-state index is 10.6. The molecule has 1 N–H and O–H groups in total. The second kappa shape index (κ2) is 20.0. The zero-order valence-corrected chi connectivity index (χ0v) is 25.7. The van der Waals surface area contributed by atoms with E-state index in [1.54, 1.807) is 0 Å². The van der Waals surface area contributed by atoms with Crippen molar-refractivity contribution in [3.63, 3.8) is 0 Å². The van der Waals surface area contributed by atoms with Crippen LogP contribution in [-0.4, -0.2) is 29.5 Å². The van der Waals surface area contributed by atoms with Gasteiger partial charge in [-0.1, -0.05) is 129 Å². The smallest absolute Gasteiger partial charge is 0.0760 e. The van der Waals surface area contributed by atoms with Gasteiger partial charge in [0, 0.05) is 0 Å². The number of aliphatic hydroxyl groups excluding tert-OH is 1. The van der Waals surface area contributed by atoms with E-state index in [1.807, 2.05) is 73.7 Å². The van der Waals surface area contributed by atoms with Crippen LogP contribution in [0.25, 0.3) is 0 Å². The van der Waals surface area contributed by atoms with Crippen molar-refractivity contribution in [3.05, 3.63) is 132 Å². The SMILES string of the molecule is CC(C)[C@H](C/C=C\[C@@H](CCC[C@H](O)C/C=C\[C@H](C)OCc1ccccc1)OCc1ccccc1)OCc1ccccc1. The Kier molecular flexibility index (Phi) is 15.9. The Bertz CT molecular complexity index is 1130. The van der Waals surface area contributed by atoms with Crippen LogP contribution in [0, 0.1) is 5.92 Å². The van der Waals surface area contributed by atoms with Gasteiger partial charge in [0.1, 0.15) is 0 Å². The number of benzene rings is 3. The highest BCUT2D eigenvalue weighted by Crippen LogP contribution is 2.17. The molecule has 0 aromatic heterocycles. The van der Waals surface area contributed by atoms with E-state index in [0.29, 0.717) is 32.2 Å². The first-order valence-electron chi connectivity index (χ1n) is 15.5. The molecule has 3 rings (SSSR count). The summed E-state index contributed by atoms with van der Waals surface area (Å²) in [4.78, 5) is 0. The summed E-state index contributed by atoms with van der Waals surface area (Å²) in [5.74, 6) is 0.414. The van der Waals surface area contributed by atoms with Crippen LogP contribution in [0.4, 0.5) is 0 Å². The van der Waals surface area contributed by atoms with Crippen molar-refractivity contribution in [2.45, 2.75) is 97.1 Å². The predicted molar refractivity (Wildman–Crippen MR) is 173 cm³/mol. The molecule has 0 heterocycles. The molecule has 0 saturated heterocycles. The molecule has 0 aliphatic heterocycles. The summed E-state index contributed by atoms with van der Waals surface area (Å²) < 4.78 is 18.5. The lowest BCUT2D eigenvalue weighted by Gasteiger charge is -2.21. The Labute approximate surface area is 254 Å². The minimum absolute atomic E-state index is 0.00430. The Morgan fingerprint density at radius 2 is 1.10 bits per heavy atom. The largest absolute Gasteiger partial charge is 0.393 e. The van der Waals surface area contributed by atoms with Crippen LogP contribution in [0.3, 0.4) is 0 Å². The van der Waals surface area contributed by atoms with E-state index < -0.39 is 0 Å². The maximum Gasteiger partial charge on any atom is 0.0760 e. The van der Waals surface area contributed by atoms with E-state index in [1.165, 1.54) is 5.56 Å². The maximum atomic E-state index is 10.6. The van der Waals surface area contributed by atoms with Gasteiger partial charge < -0.3 is 19.3 Å². The number of ether oxygens (including phenoxy) is 3. The molecule has 0 spiro atoms. The van der Waals surface area contributed by atoms with Gasteiger partial charge in [-0.05, 0) is 61.6 Å². The number of rotatable bonds is 20. The lowest BCUT2D eigenvalue weighted by molar-refractivity contribution is 0.0123. The third kappa shape index (κ3) is 14.2. The van der Waals surface area contributed by atoms with E-state index in [-0.39, 0.29) is 24.4 Å². The number of hydrogen-bond donors (Lipinski definition) is 1. The minimum Gasteiger partial charge on any atom is -0.393 e. The summed E-state index contributed by atoms with van der Waals surface area (Å²) in [5.41, 5.74) is 3.52. The Morgan fingerprint density at radius 1 is 0.595 bits per heavy atom. The first-order valence-corrected chi connectivity index (χ1v) is 15.5. The van der Waals surface area contributed by atoms with Crippen molar-refractivity contribution in [2.75, 3.05) is 0 Å². The molecule has 3 aromatic rings. The van der Waals surface area contributed by atoms with Gasteiger partial charge in [-0.2, -0.15) is 0 Å². The minimum atomic E-state index is -0.377. The van der Waals surface area contributed by atoms with Gasteiger partial charge in [-0.3, -0.25) is 0 Å². The zero-order chi connectivity index (χ0) is 29.8. The molecule has 0 fully saturated rings. The van der Waals surface area contributed by atoms with Gasteiger partial charge in [0.05, 0.1) is 44.2 Å². The average Bonchev–Trinajstić information content (AvgIpc) is 3.01. The standard InChI is InChI=1S/C38H50O4/c1-31(2)38(42-30-35-21-11-6-12-22-35)27-15-26-37(41-29-34-19-9-5-10-20-34)25-14-24-36(39)23-13-16-32(3)40-28-33-17-7-4-8-18-33/h4-13,15-22,26,31-32,36-39H,14,23-25,27-30H2,1-3H3/b16-13-,26-15-/t32-,36+,37+,38-/m0/s1. The molecule has 0 radical (unpaired) electrons. The van der Waals surface area contributed by atoms with Gasteiger partial charge in [0.15, 0.2) is 0 Å². The van der Waals surface area contributed by atoms with Gasteiger partial charge in [0.25, 0.3) is 0 Å². The van der Waals surface area contributed by atoms with Crippen LogP contribution in [0.1, 0.15) is 69.6 Å². The van der Waals surface area contributed by atoms with Gasteiger partial charge in [-0.25, -0.2) is 0 Å². The number of aliphatic hydroxyl groups is 1. The van der Waals surface area contributed by atoms with Gasteiger partial charge >= 0.3 is 0 Å². The number of hydrogen-bond acceptors (Lipinski definition) is 4. The summed E-state index contributed by atoms with van der Waals surface area (Å²) in [5, 5.41) is 10.6. The highest BCUT2D eigenvalue weighted by atomic mass is 16.5. The first kappa shape index (κ1) is 33.5. The third-order valence-electron chi connectivity index (χ3n) is 7.27. The molecule has 4 atom stereocenters. The quantitative estimate of drug-likeness (QED) is 0.138. The summed E-state index contributed by atoms with van der Waals surface area (Å²) >= 11 is 0. The fourth-order valence-corrected chi connectivity index (χ4v) is 4.64. The molecule has 0 bridgehead atoms. The first-order chi connectivity index (χ1) is 20.5. The van der Waals surface area contributed by atoms with E-state index in [2.05, 4.69) is 62.4 Å². The van der Waals surface area contributed by atoms with Crippen LogP contribution in [0.5, 0.6) is 0 Å². The summed E-state index contributed by atoms with van der Waals surface area (Å²) in [6.07, 6.45) is 12.2. The highest BCUT2D eigenvalue weighted by Gasteiger charge is 2.14. The Hall–Kier alpha value is -3.02. The molecule has 3 aromatic carbocycles. The van der Waals surface area contributed by atoms with Gasteiger partial charge in [-0.15, -0.1) is 0 Å². The molecule has 0 saturated carbocycles. The fraction of sp³-hybridized carbons (Fsp3) is 0.421. The van der Waals surface area contributed by atoms with Crippen molar-refractivity contribution >= 4 is 0 Å². The lowest BCUT2D eigenvalue weighted by Crippen LogP contribution is -2.19. The fourth-order valence-electron chi connectivity index (χ4n) is 4.64. The van der Waals surface area contributed by atoms with Crippen molar-refractivity contribution in [1.29, 1.82) is 0 Å². The molecule has 226 valence electrons. The molecule has 0 aliphatic rings. The van der Waals surface area contributed by atoms with Crippen LogP contribution >= 0.6 is 0 Å².